The van der Waals surface area contributed by atoms with E-state index in [2.05, 4.69) is 10.2 Å². The molecule has 2 N–H and O–H groups in total. The Morgan fingerprint density at radius 2 is 1.86 bits per heavy atom. The lowest BCUT2D eigenvalue weighted by molar-refractivity contribution is 0.0505. The maximum absolute atomic E-state index is 14.0. The van der Waals surface area contributed by atoms with Gasteiger partial charge in [0.1, 0.15) is 17.2 Å². The van der Waals surface area contributed by atoms with E-state index in [4.69, 9.17) is 0 Å². The lowest BCUT2D eigenvalue weighted by atomic mass is 9.83. The zero-order chi connectivity index (χ0) is 26.3. The number of hydrogen-bond acceptors (Lipinski definition) is 5. The van der Waals surface area contributed by atoms with Gasteiger partial charge in [-0.3, -0.25) is 19.3 Å². The number of benzene rings is 1. The number of pyridine rings is 1. The molecule has 1 aliphatic heterocycles. The Labute approximate surface area is 213 Å². The first kappa shape index (κ1) is 25.4. The van der Waals surface area contributed by atoms with Crippen molar-refractivity contribution in [2.24, 2.45) is 5.92 Å². The van der Waals surface area contributed by atoms with E-state index in [0.717, 1.165) is 51.1 Å². The van der Waals surface area contributed by atoms with Crippen molar-refractivity contribution in [1.29, 1.82) is 0 Å². The van der Waals surface area contributed by atoms with Crippen LogP contribution < -0.4 is 10.7 Å². The highest BCUT2D eigenvalue weighted by Crippen LogP contribution is 2.34. The standard InChI is InChI=1S/C27H32F2N4O4/c1-31-22-5-3-2-4-17(22)14-32(19-8-9-19)10-11-33-15-20(24(34)25(35)23(33)27(31)37)26(36)30-13-16-6-7-18(28)12-21(16)29/h6-7,12,15,17,19,22,35H,2-5,8-11,13-14H2,1H3,(H,30,36)/t17-,22-/m0/s1. The number of fused-ring (bicyclic) bond motifs is 2. The zero-order valence-corrected chi connectivity index (χ0v) is 20.9. The van der Waals surface area contributed by atoms with Gasteiger partial charge in [0.15, 0.2) is 11.4 Å². The molecule has 2 heterocycles. The van der Waals surface area contributed by atoms with E-state index in [1.807, 2.05) is 0 Å². The van der Waals surface area contributed by atoms with Crippen LogP contribution in [0, 0.1) is 17.6 Å². The summed E-state index contributed by atoms with van der Waals surface area (Å²) in [5, 5.41) is 13.4. The molecule has 0 spiro atoms. The molecule has 0 bridgehead atoms. The van der Waals surface area contributed by atoms with E-state index >= 15 is 0 Å². The summed E-state index contributed by atoms with van der Waals surface area (Å²) in [6.45, 7) is 1.57. The normalized spacial score (nSPS) is 22.8. The fraction of sp³-hybridized carbons (Fsp3) is 0.519. The molecule has 5 rings (SSSR count). The zero-order valence-electron chi connectivity index (χ0n) is 20.9. The molecule has 2 fully saturated rings. The van der Waals surface area contributed by atoms with Crippen LogP contribution in [0.3, 0.4) is 0 Å². The van der Waals surface area contributed by atoms with Gasteiger partial charge in [0.25, 0.3) is 11.8 Å². The van der Waals surface area contributed by atoms with Crippen molar-refractivity contribution in [3.8, 4) is 5.75 Å². The van der Waals surface area contributed by atoms with Crippen LogP contribution in [-0.4, -0.2) is 63.5 Å². The predicted molar refractivity (Wildman–Crippen MR) is 132 cm³/mol. The van der Waals surface area contributed by atoms with E-state index in [1.165, 1.54) is 16.8 Å². The van der Waals surface area contributed by atoms with Gasteiger partial charge in [-0.2, -0.15) is 0 Å². The number of nitrogens with zero attached hydrogens (tertiary/aromatic N) is 3. The molecular formula is C27H32F2N4O4. The van der Waals surface area contributed by atoms with Gasteiger partial charge in [0.2, 0.25) is 5.43 Å². The third kappa shape index (κ3) is 5.12. The van der Waals surface area contributed by atoms with E-state index in [-0.39, 0.29) is 29.4 Å². The van der Waals surface area contributed by atoms with E-state index in [9.17, 15) is 28.3 Å². The summed E-state index contributed by atoms with van der Waals surface area (Å²) >= 11 is 0. The monoisotopic (exact) mass is 514 g/mol. The second kappa shape index (κ2) is 10.2. The number of hydrogen-bond donors (Lipinski definition) is 2. The minimum absolute atomic E-state index is 0.0112. The average Bonchev–Trinajstić information content (AvgIpc) is 3.72. The average molecular weight is 515 g/mol. The molecule has 0 unspecified atom stereocenters. The third-order valence-corrected chi connectivity index (χ3v) is 8.01. The molecule has 1 aromatic carbocycles. The summed E-state index contributed by atoms with van der Waals surface area (Å²) in [4.78, 5) is 43.6. The molecule has 2 atom stereocenters. The minimum Gasteiger partial charge on any atom is -0.503 e. The lowest BCUT2D eigenvalue weighted by Crippen LogP contribution is -2.50. The lowest BCUT2D eigenvalue weighted by Gasteiger charge is -2.41. The molecule has 198 valence electrons. The van der Waals surface area contributed by atoms with Crippen LogP contribution in [0.2, 0.25) is 0 Å². The van der Waals surface area contributed by atoms with E-state index < -0.39 is 34.6 Å². The number of nitrogens with one attached hydrogen (secondary N) is 1. The van der Waals surface area contributed by atoms with Crippen molar-refractivity contribution in [3.05, 3.63) is 63.1 Å². The molecular weight excluding hydrogens is 482 g/mol. The van der Waals surface area contributed by atoms with Gasteiger partial charge in [0.05, 0.1) is 0 Å². The van der Waals surface area contributed by atoms with Crippen LogP contribution in [0.25, 0.3) is 0 Å². The van der Waals surface area contributed by atoms with Crippen LogP contribution in [0.5, 0.6) is 5.75 Å². The summed E-state index contributed by atoms with van der Waals surface area (Å²) in [5.41, 5.74) is -1.36. The first-order valence-electron chi connectivity index (χ1n) is 12.9. The predicted octanol–water partition coefficient (Wildman–Crippen LogP) is 2.87. The molecule has 8 nitrogen and oxygen atoms in total. The Morgan fingerprint density at radius 3 is 2.59 bits per heavy atom. The molecule has 2 aliphatic carbocycles. The molecule has 37 heavy (non-hydrogen) atoms. The van der Waals surface area contributed by atoms with Gasteiger partial charge in [-0.1, -0.05) is 18.9 Å². The van der Waals surface area contributed by atoms with Crippen LogP contribution in [0.4, 0.5) is 8.78 Å². The molecule has 3 aliphatic rings. The second-order valence-electron chi connectivity index (χ2n) is 10.4. The Morgan fingerprint density at radius 1 is 1.11 bits per heavy atom. The number of aromatic hydroxyl groups is 1. The number of halogens is 2. The number of aromatic nitrogens is 1. The third-order valence-electron chi connectivity index (χ3n) is 8.01. The highest BCUT2D eigenvalue weighted by atomic mass is 19.1. The Bertz CT molecular complexity index is 1280. The fourth-order valence-corrected chi connectivity index (χ4v) is 5.78. The van der Waals surface area contributed by atoms with Gasteiger partial charge in [-0.25, -0.2) is 8.78 Å². The Kier molecular flexibility index (Phi) is 7.02. The van der Waals surface area contributed by atoms with Gasteiger partial charge >= 0.3 is 0 Å². The number of rotatable bonds is 4. The van der Waals surface area contributed by atoms with Crippen molar-refractivity contribution < 1.29 is 23.5 Å². The molecule has 0 radical (unpaired) electrons. The van der Waals surface area contributed by atoms with Crippen LogP contribution in [-0.2, 0) is 13.1 Å². The maximum Gasteiger partial charge on any atom is 0.274 e. The molecule has 0 saturated heterocycles. The summed E-state index contributed by atoms with van der Waals surface area (Å²) < 4.78 is 28.7. The Hall–Kier alpha value is -3.27. The van der Waals surface area contributed by atoms with Crippen LogP contribution in [0.15, 0.2) is 29.2 Å². The van der Waals surface area contributed by atoms with Crippen LogP contribution in [0.1, 0.15) is 64.9 Å². The van der Waals surface area contributed by atoms with Crippen molar-refractivity contribution in [2.45, 2.75) is 63.7 Å². The smallest absolute Gasteiger partial charge is 0.274 e. The Balaban J connectivity index is 1.47. The van der Waals surface area contributed by atoms with Gasteiger partial charge in [-0.05, 0) is 37.7 Å². The fourth-order valence-electron chi connectivity index (χ4n) is 5.78. The SMILES string of the molecule is CN1C(=O)c2c(O)c(=O)c(C(=O)NCc3ccc(F)cc3F)cn2CCN(C2CC2)C[C@@H]2CCCC[C@@H]21. The minimum atomic E-state index is -0.957. The molecule has 1 aromatic heterocycles. The largest absolute Gasteiger partial charge is 0.503 e. The highest BCUT2D eigenvalue weighted by Gasteiger charge is 2.38. The van der Waals surface area contributed by atoms with Crippen molar-refractivity contribution in [2.75, 3.05) is 20.1 Å². The first-order valence-corrected chi connectivity index (χ1v) is 12.9. The van der Waals surface area contributed by atoms with E-state index in [0.29, 0.717) is 31.1 Å². The number of carbonyl (C=O) groups excluding carboxylic acids is 2. The quantitative estimate of drug-likeness (QED) is 0.655. The first-order chi connectivity index (χ1) is 17.7. The molecule has 2 aromatic rings. The van der Waals surface area contributed by atoms with Crippen molar-refractivity contribution >= 4 is 11.8 Å². The van der Waals surface area contributed by atoms with Crippen LogP contribution >= 0.6 is 0 Å². The van der Waals surface area contributed by atoms with Gasteiger partial charge < -0.3 is 19.9 Å². The summed E-state index contributed by atoms with van der Waals surface area (Å²) in [6.07, 6.45) is 7.63. The summed E-state index contributed by atoms with van der Waals surface area (Å²) in [7, 11) is 1.72. The van der Waals surface area contributed by atoms with E-state index in [1.54, 1.807) is 11.9 Å². The summed E-state index contributed by atoms with van der Waals surface area (Å²) in [5.74, 6) is -3.24. The highest BCUT2D eigenvalue weighted by molar-refractivity contribution is 5.98. The summed E-state index contributed by atoms with van der Waals surface area (Å²) in [6, 6.07) is 3.50. The molecule has 2 amide bonds. The second-order valence-corrected chi connectivity index (χ2v) is 10.4. The number of amides is 2. The molecule has 10 heteroatoms. The number of carbonyl (C=O) groups is 2. The van der Waals surface area contributed by atoms with Gasteiger partial charge in [-0.15, -0.1) is 0 Å². The molecule has 2 saturated carbocycles. The van der Waals surface area contributed by atoms with Crippen molar-refractivity contribution in [3.63, 3.8) is 0 Å². The van der Waals surface area contributed by atoms with Gasteiger partial charge in [0, 0.05) is 63.1 Å². The van der Waals surface area contributed by atoms with Crippen molar-refractivity contribution in [1.82, 2.24) is 19.7 Å². The topological polar surface area (TPSA) is 94.9 Å². The maximum atomic E-state index is 14.0.